The van der Waals surface area contributed by atoms with Gasteiger partial charge < -0.3 is 9.47 Å². The van der Waals surface area contributed by atoms with Gasteiger partial charge >= 0.3 is 0 Å². The average molecular weight is 306 g/mol. The third kappa shape index (κ3) is 3.07. The molecule has 7 heteroatoms. The predicted molar refractivity (Wildman–Crippen MR) is 80.1 cm³/mol. The Balaban J connectivity index is 1.67. The van der Waals surface area contributed by atoms with Crippen molar-refractivity contribution in [1.82, 2.24) is 14.5 Å². The SMILES string of the molecule is CS(=O)(=O)c1ccc(N2CCC(n3ccnc3)CC2)nc1. The average Bonchev–Trinajstić information content (AvgIpc) is 3.01. The maximum Gasteiger partial charge on any atom is 0.177 e. The van der Waals surface area contributed by atoms with E-state index in [1.165, 1.54) is 12.5 Å². The van der Waals surface area contributed by atoms with Gasteiger partial charge in [-0.25, -0.2) is 18.4 Å². The van der Waals surface area contributed by atoms with E-state index in [2.05, 4.69) is 19.4 Å². The molecule has 0 atom stereocenters. The second kappa shape index (κ2) is 5.48. The Hall–Kier alpha value is -1.89. The molecule has 1 fully saturated rings. The van der Waals surface area contributed by atoms with Crippen molar-refractivity contribution in [2.24, 2.45) is 0 Å². The molecule has 1 saturated heterocycles. The molecule has 1 aliphatic rings. The first kappa shape index (κ1) is 14.1. The molecule has 2 aromatic rings. The first-order chi connectivity index (χ1) is 10.0. The summed E-state index contributed by atoms with van der Waals surface area (Å²) in [7, 11) is -3.18. The summed E-state index contributed by atoms with van der Waals surface area (Å²) in [6, 6.07) is 3.90. The molecule has 0 saturated carbocycles. The van der Waals surface area contributed by atoms with Gasteiger partial charge in [-0.15, -0.1) is 0 Å². The number of piperidine rings is 1. The van der Waals surface area contributed by atoms with Crippen LogP contribution >= 0.6 is 0 Å². The Morgan fingerprint density at radius 2 is 2.00 bits per heavy atom. The first-order valence-corrected chi connectivity index (χ1v) is 8.82. The van der Waals surface area contributed by atoms with Crippen LogP contribution in [0, 0.1) is 0 Å². The van der Waals surface area contributed by atoms with Crippen LogP contribution in [0.3, 0.4) is 0 Å². The maximum absolute atomic E-state index is 11.4. The minimum absolute atomic E-state index is 0.263. The molecule has 0 amide bonds. The fourth-order valence-corrected chi connectivity index (χ4v) is 3.22. The first-order valence-electron chi connectivity index (χ1n) is 6.92. The van der Waals surface area contributed by atoms with E-state index in [-0.39, 0.29) is 4.90 Å². The van der Waals surface area contributed by atoms with E-state index in [0.29, 0.717) is 6.04 Å². The van der Waals surface area contributed by atoms with Crippen LogP contribution in [0.25, 0.3) is 0 Å². The van der Waals surface area contributed by atoms with Gasteiger partial charge in [0.1, 0.15) is 5.82 Å². The third-order valence-electron chi connectivity index (χ3n) is 3.88. The van der Waals surface area contributed by atoms with Crippen molar-refractivity contribution >= 4 is 15.7 Å². The Labute approximate surface area is 124 Å². The molecule has 1 aliphatic heterocycles. The normalized spacial score (nSPS) is 17.1. The summed E-state index contributed by atoms with van der Waals surface area (Å²) in [4.78, 5) is 10.8. The summed E-state index contributed by atoms with van der Waals surface area (Å²) < 4.78 is 25.0. The molecule has 112 valence electrons. The van der Waals surface area contributed by atoms with Crippen molar-refractivity contribution in [3.05, 3.63) is 37.1 Å². The van der Waals surface area contributed by atoms with E-state index in [9.17, 15) is 8.42 Å². The molecule has 6 nitrogen and oxygen atoms in total. The number of imidazole rings is 1. The molecule has 0 unspecified atom stereocenters. The van der Waals surface area contributed by atoms with Gasteiger partial charge in [-0.2, -0.15) is 0 Å². The van der Waals surface area contributed by atoms with Crippen LogP contribution in [0.5, 0.6) is 0 Å². The fourth-order valence-electron chi connectivity index (χ4n) is 2.66. The Morgan fingerprint density at radius 1 is 1.24 bits per heavy atom. The summed E-state index contributed by atoms with van der Waals surface area (Å²) in [5, 5.41) is 0. The van der Waals surface area contributed by atoms with Crippen LogP contribution in [-0.2, 0) is 9.84 Å². The topological polar surface area (TPSA) is 68.1 Å². The van der Waals surface area contributed by atoms with Crippen LogP contribution in [0.2, 0.25) is 0 Å². The monoisotopic (exact) mass is 306 g/mol. The number of anilines is 1. The van der Waals surface area contributed by atoms with Gasteiger partial charge in [0.05, 0.1) is 11.2 Å². The fraction of sp³-hybridized carbons (Fsp3) is 0.429. The molecule has 0 bridgehead atoms. The van der Waals surface area contributed by atoms with Crippen molar-refractivity contribution in [3.8, 4) is 0 Å². The molecule has 0 N–H and O–H groups in total. The number of sulfone groups is 1. The van der Waals surface area contributed by atoms with Crippen molar-refractivity contribution in [1.29, 1.82) is 0 Å². The van der Waals surface area contributed by atoms with Gasteiger partial charge in [0.2, 0.25) is 0 Å². The van der Waals surface area contributed by atoms with E-state index in [4.69, 9.17) is 0 Å². The van der Waals surface area contributed by atoms with Gasteiger partial charge in [-0.1, -0.05) is 0 Å². The van der Waals surface area contributed by atoms with Crippen LogP contribution in [-0.4, -0.2) is 42.3 Å². The molecule has 0 spiro atoms. The van der Waals surface area contributed by atoms with Gasteiger partial charge in [0.15, 0.2) is 9.84 Å². The van der Waals surface area contributed by atoms with Crippen LogP contribution < -0.4 is 4.90 Å². The van der Waals surface area contributed by atoms with E-state index in [0.717, 1.165) is 31.7 Å². The molecule has 3 rings (SSSR count). The molecular weight excluding hydrogens is 288 g/mol. The summed E-state index contributed by atoms with van der Waals surface area (Å²) in [5.41, 5.74) is 0. The van der Waals surface area contributed by atoms with Gasteiger partial charge in [-0.05, 0) is 25.0 Å². The third-order valence-corrected chi connectivity index (χ3v) is 4.98. The predicted octanol–water partition coefficient (Wildman–Crippen LogP) is 1.52. The van der Waals surface area contributed by atoms with Gasteiger partial charge in [-0.3, -0.25) is 0 Å². The largest absolute Gasteiger partial charge is 0.356 e. The zero-order chi connectivity index (χ0) is 14.9. The highest BCUT2D eigenvalue weighted by Crippen LogP contribution is 2.25. The lowest BCUT2D eigenvalue weighted by molar-refractivity contribution is 0.394. The minimum atomic E-state index is -3.18. The summed E-state index contributed by atoms with van der Waals surface area (Å²) >= 11 is 0. The maximum atomic E-state index is 11.4. The number of pyridine rings is 1. The lowest BCUT2D eigenvalue weighted by Crippen LogP contribution is -2.34. The molecule has 2 aromatic heterocycles. The van der Waals surface area contributed by atoms with E-state index in [1.54, 1.807) is 18.3 Å². The lowest BCUT2D eigenvalue weighted by Gasteiger charge is -2.33. The molecule has 0 radical (unpaired) electrons. The van der Waals surface area contributed by atoms with Crippen LogP contribution in [0.15, 0.2) is 41.9 Å². The van der Waals surface area contributed by atoms with Gasteiger partial charge in [0.25, 0.3) is 0 Å². The Bertz CT molecular complexity index is 687. The van der Waals surface area contributed by atoms with Crippen molar-refractivity contribution in [2.75, 3.05) is 24.2 Å². The molecule has 0 aliphatic carbocycles. The second-order valence-corrected chi connectivity index (χ2v) is 7.37. The molecule has 21 heavy (non-hydrogen) atoms. The Morgan fingerprint density at radius 3 is 2.52 bits per heavy atom. The minimum Gasteiger partial charge on any atom is -0.356 e. The molecular formula is C14H18N4O2S. The van der Waals surface area contributed by atoms with E-state index >= 15 is 0 Å². The number of aromatic nitrogens is 3. The highest BCUT2D eigenvalue weighted by molar-refractivity contribution is 7.90. The Kier molecular flexibility index (Phi) is 3.67. The summed E-state index contributed by atoms with van der Waals surface area (Å²) in [5.74, 6) is 0.839. The zero-order valence-electron chi connectivity index (χ0n) is 11.9. The summed E-state index contributed by atoms with van der Waals surface area (Å²) in [6.45, 7) is 1.82. The smallest absolute Gasteiger partial charge is 0.177 e. The molecule has 0 aromatic carbocycles. The van der Waals surface area contributed by atoms with E-state index < -0.39 is 9.84 Å². The number of rotatable bonds is 3. The molecule has 3 heterocycles. The van der Waals surface area contributed by atoms with Crippen LogP contribution in [0.1, 0.15) is 18.9 Å². The zero-order valence-corrected chi connectivity index (χ0v) is 12.7. The standard InChI is InChI=1S/C14H18N4O2S/c1-21(19,20)13-2-3-14(16-10-13)17-7-4-12(5-8-17)18-9-6-15-11-18/h2-3,6,9-12H,4-5,7-8H2,1H3. The quantitative estimate of drug-likeness (QED) is 0.860. The second-order valence-electron chi connectivity index (χ2n) is 5.35. The lowest BCUT2D eigenvalue weighted by atomic mass is 10.1. The number of hydrogen-bond donors (Lipinski definition) is 0. The van der Waals surface area contributed by atoms with Crippen molar-refractivity contribution in [2.45, 2.75) is 23.8 Å². The van der Waals surface area contributed by atoms with Crippen molar-refractivity contribution < 1.29 is 8.42 Å². The number of hydrogen-bond acceptors (Lipinski definition) is 5. The van der Waals surface area contributed by atoms with Crippen LogP contribution in [0.4, 0.5) is 5.82 Å². The van der Waals surface area contributed by atoms with E-state index in [1.807, 2.05) is 12.5 Å². The highest BCUT2D eigenvalue weighted by atomic mass is 32.2. The summed E-state index contributed by atoms with van der Waals surface area (Å²) in [6.07, 6.45) is 10.4. The number of nitrogens with zero attached hydrogens (tertiary/aromatic N) is 4. The van der Waals surface area contributed by atoms with Gasteiger partial charge in [0, 0.05) is 44.0 Å². The highest BCUT2D eigenvalue weighted by Gasteiger charge is 2.21. The van der Waals surface area contributed by atoms with Crippen molar-refractivity contribution in [3.63, 3.8) is 0 Å².